The van der Waals surface area contributed by atoms with Gasteiger partial charge in [-0.05, 0) is 85.7 Å². The van der Waals surface area contributed by atoms with Crippen LogP contribution in [-0.4, -0.2) is 50.0 Å². The summed E-state index contributed by atoms with van der Waals surface area (Å²) >= 11 is 0. The molecule has 0 aliphatic heterocycles. The van der Waals surface area contributed by atoms with Gasteiger partial charge in [0.25, 0.3) is 0 Å². The van der Waals surface area contributed by atoms with E-state index in [9.17, 15) is 4.79 Å². The van der Waals surface area contributed by atoms with Gasteiger partial charge in [-0.2, -0.15) is 0 Å². The maximum absolute atomic E-state index is 11.7. The summed E-state index contributed by atoms with van der Waals surface area (Å²) in [5, 5.41) is 3.05. The second kappa shape index (κ2) is 17.1. The minimum absolute atomic E-state index is 0.0596. The molecule has 1 fully saturated rings. The lowest BCUT2D eigenvalue weighted by atomic mass is 9.95. The third-order valence-electron chi connectivity index (χ3n) is 6.37. The number of hydrogen-bond acceptors (Lipinski definition) is 7. The van der Waals surface area contributed by atoms with E-state index in [2.05, 4.69) is 42.5 Å². The van der Waals surface area contributed by atoms with E-state index in [1.54, 1.807) is 6.92 Å². The summed E-state index contributed by atoms with van der Waals surface area (Å²) in [6.07, 6.45) is 14.7. The van der Waals surface area contributed by atoms with E-state index < -0.39 is 5.97 Å². The molecule has 206 valence electrons. The summed E-state index contributed by atoms with van der Waals surface area (Å²) in [5.41, 5.74) is 3.61. The molecule has 0 amide bonds. The van der Waals surface area contributed by atoms with Crippen LogP contribution < -0.4 is 5.32 Å². The van der Waals surface area contributed by atoms with E-state index in [1.165, 1.54) is 12.0 Å². The number of hydrogen-bond donors (Lipinski definition) is 1. The van der Waals surface area contributed by atoms with Crippen LogP contribution in [0.5, 0.6) is 0 Å². The molecule has 1 saturated carbocycles. The van der Waals surface area contributed by atoms with Crippen LogP contribution in [0.3, 0.4) is 0 Å². The summed E-state index contributed by atoms with van der Waals surface area (Å²) in [7, 11) is 1.96. The van der Waals surface area contributed by atoms with E-state index in [0.29, 0.717) is 24.7 Å². The number of ether oxygens (including phenoxy) is 3. The number of aryl methyl sites for hydroxylation is 1. The van der Waals surface area contributed by atoms with Crippen LogP contribution in [0, 0.1) is 6.92 Å². The molecule has 0 radical (unpaired) electrons. The largest absolute Gasteiger partial charge is 0.463 e. The van der Waals surface area contributed by atoms with E-state index >= 15 is 0 Å². The Labute approximate surface area is 223 Å². The minimum Gasteiger partial charge on any atom is -0.463 e. The topological polar surface area (TPSA) is 82.8 Å². The molecule has 1 aromatic heterocycles. The zero-order chi connectivity index (χ0) is 27.0. The van der Waals surface area contributed by atoms with Crippen molar-refractivity contribution >= 4 is 11.5 Å². The zero-order valence-electron chi connectivity index (χ0n) is 23.3. The maximum Gasteiger partial charge on any atom is 0.335 e. The average molecular weight is 515 g/mol. The third kappa shape index (κ3) is 11.2. The van der Waals surface area contributed by atoms with E-state index in [0.717, 1.165) is 68.5 Å². The van der Waals surface area contributed by atoms with Gasteiger partial charge in [0.05, 0.1) is 37.6 Å². The number of esters is 1. The zero-order valence-corrected chi connectivity index (χ0v) is 23.3. The van der Waals surface area contributed by atoms with Crippen LogP contribution in [0.2, 0.25) is 0 Å². The van der Waals surface area contributed by atoms with Crippen LogP contribution >= 0.6 is 0 Å². The smallest absolute Gasteiger partial charge is 0.335 e. The molecule has 37 heavy (non-hydrogen) atoms. The number of nitrogens with one attached hydrogen (secondary N) is 1. The van der Waals surface area contributed by atoms with Crippen molar-refractivity contribution in [1.82, 2.24) is 10.3 Å². The monoisotopic (exact) mass is 514 g/mol. The van der Waals surface area contributed by atoms with Crippen molar-refractivity contribution in [3.8, 4) is 0 Å². The number of oxazole rings is 1. The molecule has 1 heterocycles. The van der Waals surface area contributed by atoms with Crippen molar-refractivity contribution in [2.75, 3.05) is 26.8 Å². The Morgan fingerprint density at radius 1 is 1.27 bits per heavy atom. The third-order valence-corrected chi connectivity index (χ3v) is 6.37. The fourth-order valence-corrected chi connectivity index (χ4v) is 4.22. The van der Waals surface area contributed by atoms with Gasteiger partial charge in [-0.3, -0.25) is 0 Å². The molecular formula is C30H46N2O5. The van der Waals surface area contributed by atoms with Gasteiger partial charge < -0.3 is 23.9 Å². The molecule has 0 aromatic carbocycles. The highest BCUT2D eigenvalue weighted by atomic mass is 16.5. The van der Waals surface area contributed by atoms with Crippen LogP contribution in [0.25, 0.3) is 5.57 Å². The first-order valence-electron chi connectivity index (χ1n) is 13.5. The summed E-state index contributed by atoms with van der Waals surface area (Å²) in [6, 6.07) is 0. The highest BCUT2D eigenvalue weighted by Gasteiger charge is 2.25. The van der Waals surface area contributed by atoms with Gasteiger partial charge in [0.15, 0.2) is 0 Å². The first-order chi connectivity index (χ1) is 17.9. The summed E-state index contributed by atoms with van der Waals surface area (Å²) in [4.78, 5) is 16.3. The molecule has 2 atom stereocenters. The van der Waals surface area contributed by atoms with Gasteiger partial charge in [0.2, 0.25) is 5.89 Å². The maximum atomic E-state index is 11.7. The van der Waals surface area contributed by atoms with Gasteiger partial charge in [-0.25, -0.2) is 9.78 Å². The average Bonchev–Trinajstić information content (AvgIpc) is 3.27. The Morgan fingerprint density at radius 2 is 2.03 bits per heavy atom. The fourth-order valence-electron chi connectivity index (χ4n) is 4.22. The number of unbranched alkanes of at least 4 members (excludes halogenated alkanes) is 1. The van der Waals surface area contributed by atoms with E-state index in [-0.39, 0.29) is 18.8 Å². The normalized spacial score (nSPS) is 19.2. The molecule has 0 saturated heterocycles. The first kappa shape index (κ1) is 30.7. The Morgan fingerprint density at radius 3 is 2.70 bits per heavy atom. The summed E-state index contributed by atoms with van der Waals surface area (Å²) in [6.45, 7) is 15.3. The van der Waals surface area contributed by atoms with Crippen molar-refractivity contribution in [3.63, 3.8) is 0 Å². The van der Waals surface area contributed by atoms with Crippen LogP contribution in [0.15, 0.2) is 46.9 Å². The Kier molecular flexibility index (Phi) is 14.2. The van der Waals surface area contributed by atoms with Gasteiger partial charge >= 0.3 is 5.97 Å². The Bertz CT molecular complexity index is 930. The second-order valence-corrected chi connectivity index (χ2v) is 9.60. The summed E-state index contributed by atoms with van der Waals surface area (Å²) < 4.78 is 22.9. The molecule has 0 spiro atoms. The highest BCUT2D eigenvalue weighted by molar-refractivity contribution is 5.87. The highest BCUT2D eigenvalue weighted by Crippen LogP contribution is 2.28. The lowest BCUT2D eigenvalue weighted by molar-refractivity contribution is -0.139. The van der Waals surface area contributed by atoms with Gasteiger partial charge in [0, 0.05) is 5.57 Å². The molecular weight excluding hydrogens is 468 g/mol. The summed E-state index contributed by atoms with van der Waals surface area (Å²) in [5.74, 6) is 1.08. The standard InChI is InChI=1S/C24H33NO5.C6H13N/c1-5-27-24(26)17(3)14-28-20-10-7-11-21(13-20)29-15-22-18(4)30-23(25-22)19-9-6-8-16(2)12-19;1-3-4-5-6-7-2/h9,12,20-21H,3,5-8,10-11,13-15H2,1-2,4H3;3,7H,1,4-6H2,2H3. The quantitative estimate of drug-likeness (QED) is 0.144. The number of rotatable bonds is 13. The van der Waals surface area contributed by atoms with Crippen molar-refractivity contribution in [2.24, 2.45) is 0 Å². The predicted octanol–water partition coefficient (Wildman–Crippen LogP) is 6.24. The van der Waals surface area contributed by atoms with Crippen molar-refractivity contribution in [1.29, 1.82) is 0 Å². The molecule has 1 N–H and O–H groups in total. The molecule has 1 aromatic rings. The number of nitrogens with zero attached hydrogens (tertiary/aromatic N) is 1. The van der Waals surface area contributed by atoms with Crippen molar-refractivity contribution in [2.45, 2.75) is 91.0 Å². The number of carbonyl (C=O) groups excluding carboxylic acids is 1. The van der Waals surface area contributed by atoms with Gasteiger partial charge in [-0.15, -0.1) is 6.58 Å². The van der Waals surface area contributed by atoms with Crippen molar-refractivity contribution < 1.29 is 23.4 Å². The molecule has 3 rings (SSSR count). The van der Waals surface area contributed by atoms with E-state index in [4.69, 9.17) is 18.6 Å². The molecule has 0 bridgehead atoms. The van der Waals surface area contributed by atoms with Gasteiger partial charge in [-0.1, -0.05) is 30.4 Å². The number of aromatic nitrogens is 1. The Hall–Kier alpha value is -2.48. The first-order valence-corrected chi connectivity index (χ1v) is 13.5. The molecule has 2 unspecified atom stereocenters. The lowest BCUT2D eigenvalue weighted by Gasteiger charge is -2.29. The number of allylic oxidation sites excluding steroid dienone is 5. The Balaban J connectivity index is 0.000000604. The molecule has 7 nitrogen and oxygen atoms in total. The molecule has 7 heteroatoms. The van der Waals surface area contributed by atoms with Crippen LogP contribution in [-0.2, 0) is 25.6 Å². The van der Waals surface area contributed by atoms with Gasteiger partial charge in [0.1, 0.15) is 11.5 Å². The SMILES string of the molecule is C=C(COC1CCCC(OCc2nc(C3=CCCC(C)=C3)oc2C)C1)C(=O)OCC.C=CCCCNC. The number of carbonyl (C=O) groups is 1. The lowest BCUT2D eigenvalue weighted by Crippen LogP contribution is -2.29. The second-order valence-electron chi connectivity index (χ2n) is 9.60. The molecule has 2 aliphatic carbocycles. The fraction of sp³-hybridized carbons (Fsp3) is 0.600. The molecule has 2 aliphatic rings. The van der Waals surface area contributed by atoms with E-state index in [1.807, 2.05) is 20.0 Å². The van der Waals surface area contributed by atoms with Crippen LogP contribution in [0.1, 0.15) is 82.6 Å². The van der Waals surface area contributed by atoms with Crippen molar-refractivity contribution in [3.05, 3.63) is 59.9 Å². The minimum atomic E-state index is -0.392. The predicted molar refractivity (Wildman–Crippen MR) is 148 cm³/mol. The van der Waals surface area contributed by atoms with Crippen LogP contribution in [0.4, 0.5) is 0 Å².